The van der Waals surface area contributed by atoms with Gasteiger partial charge in [0.15, 0.2) is 6.10 Å². The van der Waals surface area contributed by atoms with E-state index < -0.39 is 6.10 Å². The fraction of sp³-hybridized carbons (Fsp3) is 0.182. The van der Waals surface area contributed by atoms with Crippen LogP contribution in [0.4, 0.5) is 0 Å². The molecular weight excluding hydrogens is 340 g/mol. The fourth-order valence-electron chi connectivity index (χ4n) is 2.58. The number of benzene rings is 3. The number of carbonyl (C=O) groups is 1. The molecule has 0 aliphatic heterocycles. The summed E-state index contributed by atoms with van der Waals surface area (Å²) in [5, 5.41) is 6.18. The van der Waals surface area contributed by atoms with Gasteiger partial charge < -0.3 is 9.47 Å². The van der Waals surface area contributed by atoms with Gasteiger partial charge >= 0.3 is 0 Å². The predicted octanol–water partition coefficient (Wildman–Crippen LogP) is 4.16. The summed E-state index contributed by atoms with van der Waals surface area (Å²) in [4.78, 5) is 12.2. The molecule has 0 aliphatic carbocycles. The van der Waals surface area contributed by atoms with Crippen LogP contribution >= 0.6 is 0 Å². The van der Waals surface area contributed by atoms with Gasteiger partial charge in [-0.15, -0.1) is 0 Å². The quantitative estimate of drug-likeness (QED) is 0.507. The lowest BCUT2D eigenvalue weighted by atomic mass is 10.1. The maximum atomic E-state index is 12.2. The van der Waals surface area contributed by atoms with Crippen molar-refractivity contribution in [3.8, 4) is 11.5 Å². The molecule has 27 heavy (non-hydrogen) atoms. The van der Waals surface area contributed by atoms with Crippen LogP contribution in [0.3, 0.4) is 0 Å². The Morgan fingerprint density at radius 2 is 1.74 bits per heavy atom. The third-order valence-electron chi connectivity index (χ3n) is 3.98. The molecule has 5 nitrogen and oxygen atoms in total. The minimum atomic E-state index is -0.663. The van der Waals surface area contributed by atoms with Gasteiger partial charge in [0.2, 0.25) is 0 Å². The SMILES string of the molecule is CCOc1ccc(/C=N/NC(=O)C(C)Oc2ccc3ccccc3c2)cc1. The molecule has 138 valence electrons. The van der Waals surface area contributed by atoms with Crippen LogP contribution in [0.2, 0.25) is 0 Å². The van der Waals surface area contributed by atoms with Crippen molar-refractivity contribution < 1.29 is 14.3 Å². The van der Waals surface area contributed by atoms with Crippen molar-refractivity contribution in [1.82, 2.24) is 5.43 Å². The number of amides is 1. The maximum Gasteiger partial charge on any atom is 0.280 e. The van der Waals surface area contributed by atoms with E-state index in [-0.39, 0.29) is 5.91 Å². The Morgan fingerprint density at radius 1 is 1.04 bits per heavy atom. The van der Waals surface area contributed by atoms with Gasteiger partial charge in [-0.2, -0.15) is 5.10 Å². The predicted molar refractivity (Wildman–Crippen MR) is 107 cm³/mol. The van der Waals surface area contributed by atoms with E-state index in [1.165, 1.54) is 0 Å². The zero-order valence-electron chi connectivity index (χ0n) is 15.4. The summed E-state index contributed by atoms with van der Waals surface area (Å²) in [7, 11) is 0. The van der Waals surface area contributed by atoms with Gasteiger partial charge in [-0.25, -0.2) is 5.43 Å². The normalized spacial score (nSPS) is 12.1. The van der Waals surface area contributed by atoms with Crippen molar-refractivity contribution >= 4 is 22.9 Å². The second kappa shape index (κ2) is 8.85. The lowest BCUT2D eigenvalue weighted by Gasteiger charge is -2.13. The van der Waals surface area contributed by atoms with Crippen LogP contribution in [0.1, 0.15) is 19.4 Å². The average molecular weight is 362 g/mol. The first-order chi connectivity index (χ1) is 13.2. The summed E-state index contributed by atoms with van der Waals surface area (Å²) in [5.74, 6) is 1.13. The van der Waals surface area contributed by atoms with Crippen molar-refractivity contribution in [3.63, 3.8) is 0 Å². The zero-order valence-corrected chi connectivity index (χ0v) is 15.4. The van der Waals surface area contributed by atoms with Crippen molar-refractivity contribution in [3.05, 3.63) is 72.3 Å². The number of hydrogen-bond acceptors (Lipinski definition) is 4. The molecule has 0 radical (unpaired) electrons. The second-order valence-electron chi connectivity index (χ2n) is 6.01. The molecule has 3 aromatic carbocycles. The summed E-state index contributed by atoms with van der Waals surface area (Å²) < 4.78 is 11.1. The van der Waals surface area contributed by atoms with Crippen molar-refractivity contribution in [1.29, 1.82) is 0 Å². The third-order valence-corrected chi connectivity index (χ3v) is 3.98. The number of hydrogen-bond donors (Lipinski definition) is 1. The summed E-state index contributed by atoms with van der Waals surface area (Å²) >= 11 is 0. The molecule has 1 unspecified atom stereocenters. The van der Waals surface area contributed by atoms with Gasteiger partial charge in [0.1, 0.15) is 11.5 Å². The maximum absolute atomic E-state index is 12.2. The van der Waals surface area contributed by atoms with Crippen LogP contribution < -0.4 is 14.9 Å². The van der Waals surface area contributed by atoms with Crippen LogP contribution in [-0.2, 0) is 4.79 Å². The molecule has 3 aromatic rings. The highest BCUT2D eigenvalue weighted by Crippen LogP contribution is 2.21. The van der Waals surface area contributed by atoms with E-state index in [0.29, 0.717) is 12.4 Å². The number of nitrogens with one attached hydrogen (secondary N) is 1. The number of fused-ring (bicyclic) bond motifs is 1. The highest BCUT2D eigenvalue weighted by atomic mass is 16.5. The van der Waals surface area contributed by atoms with Crippen LogP contribution in [0.25, 0.3) is 10.8 Å². The van der Waals surface area contributed by atoms with Gasteiger partial charge in [0, 0.05) is 0 Å². The molecule has 3 rings (SSSR count). The Balaban J connectivity index is 1.55. The van der Waals surface area contributed by atoms with Crippen LogP contribution in [0.5, 0.6) is 11.5 Å². The average Bonchev–Trinajstić information content (AvgIpc) is 2.69. The fourth-order valence-corrected chi connectivity index (χ4v) is 2.58. The number of carbonyl (C=O) groups excluding carboxylic acids is 1. The van der Waals surface area contributed by atoms with Gasteiger partial charge in [-0.1, -0.05) is 30.3 Å². The number of ether oxygens (including phenoxy) is 2. The Hall–Kier alpha value is -3.34. The molecule has 0 aliphatic rings. The van der Waals surface area contributed by atoms with E-state index in [1.54, 1.807) is 13.1 Å². The Labute approximate surface area is 158 Å². The lowest BCUT2D eigenvalue weighted by molar-refractivity contribution is -0.127. The van der Waals surface area contributed by atoms with E-state index in [2.05, 4.69) is 10.5 Å². The number of nitrogens with zero attached hydrogens (tertiary/aromatic N) is 1. The molecule has 1 N–H and O–H groups in total. The van der Waals surface area contributed by atoms with E-state index in [0.717, 1.165) is 22.1 Å². The van der Waals surface area contributed by atoms with E-state index in [9.17, 15) is 4.79 Å². The second-order valence-corrected chi connectivity index (χ2v) is 6.01. The van der Waals surface area contributed by atoms with Gasteiger partial charge in [0.25, 0.3) is 5.91 Å². The Morgan fingerprint density at radius 3 is 2.48 bits per heavy atom. The first kappa shape index (κ1) is 18.5. The number of rotatable bonds is 7. The number of hydrazone groups is 1. The van der Waals surface area contributed by atoms with Crippen LogP contribution in [0, 0.1) is 0 Å². The first-order valence-corrected chi connectivity index (χ1v) is 8.87. The Bertz CT molecular complexity index is 936. The van der Waals surface area contributed by atoms with E-state index in [1.807, 2.05) is 73.7 Å². The molecule has 0 bridgehead atoms. The summed E-state index contributed by atoms with van der Waals surface area (Å²) in [6.07, 6.45) is 0.916. The molecule has 1 amide bonds. The molecule has 0 spiro atoms. The van der Waals surface area contributed by atoms with Crippen molar-refractivity contribution in [2.45, 2.75) is 20.0 Å². The smallest absolute Gasteiger partial charge is 0.280 e. The summed E-state index contributed by atoms with van der Waals surface area (Å²) in [5.41, 5.74) is 3.37. The molecule has 0 saturated heterocycles. The monoisotopic (exact) mass is 362 g/mol. The third kappa shape index (κ3) is 5.07. The van der Waals surface area contributed by atoms with Gasteiger partial charge in [0.05, 0.1) is 12.8 Å². The molecule has 5 heteroatoms. The Kier molecular flexibility index (Phi) is 6.05. The van der Waals surface area contributed by atoms with E-state index in [4.69, 9.17) is 9.47 Å². The van der Waals surface area contributed by atoms with Crippen LogP contribution in [-0.4, -0.2) is 24.8 Å². The topological polar surface area (TPSA) is 59.9 Å². The summed E-state index contributed by atoms with van der Waals surface area (Å²) in [6, 6.07) is 21.2. The molecule has 0 heterocycles. The van der Waals surface area contributed by atoms with Gasteiger partial charge in [-0.3, -0.25) is 4.79 Å². The molecular formula is C22H22N2O3. The molecule has 0 fully saturated rings. The zero-order chi connectivity index (χ0) is 19.1. The van der Waals surface area contributed by atoms with Gasteiger partial charge in [-0.05, 0) is 66.6 Å². The minimum absolute atomic E-state index is 0.314. The molecule has 0 aromatic heterocycles. The lowest BCUT2D eigenvalue weighted by Crippen LogP contribution is -2.33. The minimum Gasteiger partial charge on any atom is -0.494 e. The highest BCUT2D eigenvalue weighted by Gasteiger charge is 2.14. The van der Waals surface area contributed by atoms with Crippen molar-refractivity contribution in [2.24, 2.45) is 5.10 Å². The first-order valence-electron chi connectivity index (χ1n) is 8.87. The largest absolute Gasteiger partial charge is 0.494 e. The van der Waals surface area contributed by atoms with Crippen LogP contribution in [0.15, 0.2) is 71.8 Å². The van der Waals surface area contributed by atoms with E-state index >= 15 is 0 Å². The highest BCUT2D eigenvalue weighted by molar-refractivity contribution is 5.85. The van der Waals surface area contributed by atoms with Crippen molar-refractivity contribution in [2.75, 3.05) is 6.61 Å². The molecule has 1 atom stereocenters. The standard InChI is InChI=1S/C22H22N2O3/c1-3-26-20-11-8-17(9-12-20)15-23-24-22(25)16(2)27-21-13-10-18-6-4-5-7-19(18)14-21/h4-16H,3H2,1-2H3,(H,24,25)/b23-15+. The molecule has 0 saturated carbocycles. The summed E-state index contributed by atoms with van der Waals surface area (Å²) in [6.45, 7) is 4.25.